The molecule has 0 spiro atoms. The zero-order valence-electron chi connectivity index (χ0n) is 12.4. The van der Waals surface area contributed by atoms with Crippen LogP contribution in [0.4, 0.5) is 4.79 Å². The third-order valence-electron chi connectivity index (χ3n) is 3.57. The molecule has 0 heterocycles. The highest BCUT2D eigenvalue weighted by Gasteiger charge is 2.37. The van der Waals surface area contributed by atoms with E-state index in [1.54, 1.807) is 0 Å². The molecule has 0 aliphatic heterocycles. The molecule has 0 saturated heterocycles. The van der Waals surface area contributed by atoms with Gasteiger partial charge in [0.25, 0.3) is 0 Å². The summed E-state index contributed by atoms with van der Waals surface area (Å²) in [6.07, 6.45) is -1.19. The standard InChI is InChI=1S/C12H27NO4Si/c1-12(2,3)18(5,6)17-9-10(14)7-8-13(4)11(15)16/h10,14H,7-9H2,1-6H3,(H,15,16). The summed E-state index contributed by atoms with van der Waals surface area (Å²) in [4.78, 5) is 11.7. The SMILES string of the molecule is CN(CCC(O)CO[Si](C)(C)C(C)(C)C)C(=O)O. The Labute approximate surface area is 111 Å². The van der Waals surface area contributed by atoms with E-state index in [2.05, 4.69) is 33.9 Å². The number of carbonyl (C=O) groups is 1. The zero-order valence-corrected chi connectivity index (χ0v) is 13.4. The van der Waals surface area contributed by atoms with E-state index in [9.17, 15) is 9.90 Å². The summed E-state index contributed by atoms with van der Waals surface area (Å²) >= 11 is 0. The number of carboxylic acid groups (broad SMARTS) is 1. The summed E-state index contributed by atoms with van der Waals surface area (Å²) in [5.74, 6) is 0. The van der Waals surface area contributed by atoms with Crippen LogP contribution in [-0.2, 0) is 4.43 Å². The van der Waals surface area contributed by atoms with Gasteiger partial charge in [0.1, 0.15) is 0 Å². The van der Waals surface area contributed by atoms with Gasteiger partial charge in [0.05, 0.1) is 12.7 Å². The first-order valence-electron chi connectivity index (χ1n) is 6.23. The van der Waals surface area contributed by atoms with Crippen LogP contribution in [0.15, 0.2) is 0 Å². The van der Waals surface area contributed by atoms with E-state index < -0.39 is 20.5 Å². The van der Waals surface area contributed by atoms with Crippen LogP contribution in [0, 0.1) is 0 Å². The van der Waals surface area contributed by atoms with Crippen molar-refractivity contribution in [3.05, 3.63) is 0 Å². The summed E-state index contributed by atoms with van der Waals surface area (Å²) < 4.78 is 5.87. The topological polar surface area (TPSA) is 70.0 Å². The van der Waals surface area contributed by atoms with Gasteiger partial charge in [-0.2, -0.15) is 0 Å². The normalized spacial score (nSPS) is 14.4. The van der Waals surface area contributed by atoms with Crippen molar-refractivity contribution in [2.45, 2.75) is 51.4 Å². The van der Waals surface area contributed by atoms with Crippen LogP contribution in [0.25, 0.3) is 0 Å². The van der Waals surface area contributed by atoms with Crippen LogP contribution in [-0.4, -0.2) is 55.8 Å². The van der Waals surface area contributed by atoms with Crippen molar-refractivity contribution < 1.29 is 19.4 Å². The monoisotopic (exact) mass is 277 g/mol. The van der Waals surface area contributed by atoms with Crippen molar-refractivity contribution >= 4 is 14.4 Å². The van der Waals surface area contributed by atoms with E-state index in [4.69, 9.17) is 9.53 Å². The Morgan fingerprint density at radius 3 is 2.28 bits per heavy atom. The third kappa shape index (κ3) is 5.84. The summed E-state index contributed by atoms with van der Waals surface area (Å²) in [6, 6.07) is 0. The van der Waals surface area contributed by atoms with Gasteiger partial charge in [-0.3, -0.25) is 0 Å². The molecule has 0 saturated carbocycles. The lowest BCUT2D eigenvalue weighted by atomic mass is 10.2. The molecule has 0 aliphatic rings. The Bertz CT molecular complexity index is 276. The lowest BCUT2D eigenvalue weighted by molar-refractivity contribution is 0.0828. The average molecular weight is 277 g/mol. The summed E-state index contributed by atoms with van der Waals surface area (Å²) in [7, 11) is -0.346. The number of rotatable bonds is 6. The Morgan fingerprint density at radius 2 is 1.89 bits per heavy atom. The van der Waals surface area contributed by atoms with Gasteiger partial charge in [0.15, 0.2) is 8.32 Å². The van der Waals surface area contributed by atoms with Gasteiger partial charge in [-0.25, -0.2) is 4.79 Å². The first-order valence-corrected chi connectivity index (χ1v) is 9.14. The Kier molecular flexibility index (Phi) is 6.32. The number of nitrogens with zero attached hydrogens (tertiary/aromatic N) is 1. The molecule has 0 bridgehead atoms. The highest BCUT2D eigenvalue weighted by molar-refractivity contribution is 6.74. The molecular formula is C12H27NO4Si. The molecule has 108 valence electrons. The van der Waals surface area contributed by atoms with Crippen LogP contribution in [0.3, 0.4) is 0 Å². The molecule has 6 heteroatoms. The molecule has 0 aromatic carbocycles. The molecular weight excluding hydrogens is 250 g/mol. The van der Waals surface area contributed by atoms with Crippen molar-refractivity contribution in [1.29, 1.82) is 0 Å². The summed E-state index contributed by atoms with van der Waals surface area (Å²) in [5.41, 5.74) is 0. The highest BCUT2D eigenvalue weighted by atomic mass is 28.4. The quantitative estimate of drug-likeness (QED) is 0.731. The van der Waals surface area contributed by atoms with Gasteiger partial charge in [-0.15, -0.1) is 0 Å². The molecule has 5 nitrogen and oxygen atoms in total. The number of aliphatic hydroxyl groups is 1. The van der Waals surface area contributed by atoms with Crippen LogP contribution in [0.1, 0.15) is 27.2 Å². The van der Waals surface area contributed by atoms with Gasteiger partial charge < -0.3 is 19.5 Å². The molecule has 0 aliphatic carbocycles. The first kappa shape index (κ1) is 17.4. The predicted octanol–water partition coefficient (Wildman–Crippen LogP) is 2.37. The first-order chi connectivity index (χ1) is 7.97. The van der Waals surface area contributed by atoms with E-state index in [-0.39, 0.29) is 11.6 Å². The van der Waals surface area contributed by atoms with Crippen LogP contribution in [0.5, 0.6) is 0 Å². The fourth-order valence-electron chi connectivity index (χ4n) is 1.04. The van der Waals surface area contributed by atoms with Crippen LogP contribution < -0.4 is 0 Å². The second-order valence-corrected chi connectivity index (χ2v) is 11.0. The van der Waals surface area contributed by atoms with E-state index >= 15 is 0 Å². The van der Waals surface area contributed by atoms with E-state index in [0.717, 1.165) is 4.90 Å². The lowest BCUT2D eigenvalue weighted by Crippen LogP contribution is -2.43. The number of amides is 1. The minimum Gasteiger partial charge on any atom is -0.465 e. The molecule has 0 aromatic rings. The zero-order chi connectivity index (χ0) is 14.6. The molecule has 1 unspecified atom stereocenters. The Morgan fingerprint density at radius 1 is 1.39 bits per heavy atom. The maximum atomic E-state index is 10.6. The van der Waals surface area contributed by atoms with Crippen molar-refractivity contribution in [2.75, 3.05) is 20.2 Å². The summed E-state index contributed by atoms with van der Waals surface area (Å²) in [5, 5.41) is 18.6. The average Bonchev–Trinajstić information content (AvgIpc) is 2.21. The molecule has 0 radical (unpaired) electrons. The molecule has 18 heavy (non-hydrogen) atoms. The Hall–Kier alpha value is -0.593. The second-order valence-electron chi connectivity index (χ2n) is 6.22. The highest BCUT2D eigenvalue weighted by Crippen LogP contribution is 2.36. The van der Waals surface area contributed by atoms with Crippen molar-refractivity contribution in [2.24, 2.45) is 0 Å². The minimum absolute atomic E-state index is 0.116. The van der Waals surface area contributed by atoms with Crippen molar-refractivity contribution in [3.63, 3.8) is 0 Å². The second kappa shape index (κ2) is 6.54. The van der Waals surface area contributed by atoms with Gasteiger partial charge >= 0.3 is 6.09 Å². The van der Waals surface area contributed by atoms with Gasteiger partial charge in [0, 0.05) is 13.6 Å². The van der Waals surface area contributed by atoms with Gasteiger partial charge in [0.2, 0.25) is 0 Å². The maximum Gasteiger partial charge on any atom is 0.407 e. The predicted molar refractivity (Wildman–Crippen MR) is 74.4 cm³/mol. The minimum atomic E-state index is -1.84. The molecule has 0 rings (SSSR count). The number of hydrogen-bond acceptors (Lipinski definition) is 3. The maximum absolute atomic E-state index is 10.6. The lowest BCUT2D eigenvalue weighted by Gasteiger charge is -2.36. The largest absolute Gasteiger partial charge is 0.465 e. The number of aliphatic hydroxyl groups excluding tert-OH is 1. The van der Waals surface area contributed by atoms with Crippen LogP contribution >= 0.6 is 0 Å². The fourth-order valence-corrected chi connectivity index (χ4v) is 2.08. The van der Waals surface area contributed by atoms with Crippen molar-refractivity contribution in [3.8, 4) is 0 Å². The molecule has 2 N–H and O–H groups in total. The van der Waals surface area contributed by atoms with E-state index in [1.807, 2.05) is 0 Å². The Balaban J connectivity index is 4.05. The van der Waals surface area contributed by atoms with Gasteiger partial charge in [-0.1, -0.05) is 20.8 Å². The molecule has 0 fully saturated rings. The fraction of sp³-hybridized carbons (Fsp3) is 0.917. The van der Waals surface area contributed by atoms with Gasteiger partial charge in [-0.05, 0) is 24.6 Å². The summed E-state index contributed by atoms with van der Waals surface area (Å²) in [6.45, 7) is 11.3. The molecule has 1 atom stereocenters. The van der Waals surface area contributed by atoms with Crippen LogP contribution in [0.2, 0.25) is 18.1 Å². The molecule has 1 amide bonds. The number of hydrogen-bond donors (Lipinski definition) is 2. The molecule has 0 aromatic heterocycles. The van der Waals surface area contributed by atoms with E-state index in [1.165, 1.54) is 7.05 Å². The third-order valence-corrected chi connectivity index (χ3v) is 8.07. The smallest absolute Gasteiger partial charge is 0.407 e. The van der Waals surface area contributed by atoms with E-state index in [0.29, 0.717) is 13.0 Å². The van der Waals surface area contributed by atoms with Crippen molar-refractivity contribution in [1.82, 2.24) is 4.90 Å².